The number of halogens is 1. The minimum absolute atomic E-state index is 0.140. The summed E-state index contributed by atoms with van der Waals surface area (Å²) in [4.78, 5) is 0. The summed E-state index contributed by atoms with van der Waals surface area (Å²) in [5, 5.41) is 12.7. The molecule has 0 radical (unpaired) electrons. The summed E-state index contributed by atoms with van der Waals surface area (Å²) in [7, 11) is 0. The summed E-state index contributed by atoms with van der Waals surface area (Å²) in [6.45, 7) is 0.634. The van der Waals surface area contributed by atoms with Crippen LogP contribution >= 0.6 is 0 Å². The van der Waals surface area contributed by atoms with Gasteiger partial charge < -0.3 is 10.4 Å². The van der Waals surface area contributed by atoms with E-state index in [0.29, 0.717) is 12.1 Å². The molecule has 1 saturated carbocycles. The lowest BCUT2D eigenvalue weighted by Crippen LogP contribution is -2.45. The van der Waals surface area contributed by atoms with E-state index in [1.807, 2.05) is 6.07 Å². The van der Waals surface area contributed by atoms with Crippen molar-refractivity contribution in [1.29, 1.82) is 0 Å². The van der Waals surface area contributed by atoms with Crippen molar-refractivity contribution in [1.82, 2.24) is 5.32 Å². The van der Waals surface area contributed by atoms with E-state index in [9.17, 15) is 9.50 Å². The Hall–Kier alpha value is -0.930. The maximum atomic E-state index is 13.4. The van der Waals surface area contributed by atoms with Gasteiger partial charge in [-0.25, -0.2) is 4.39 Å². The molecule has 16 heavy (non-hydrogen) atoms. The van der Waals surface area contributed by atoms with Crippen molar-refractivity contribution in [3.63, 3.8) is 0 Å². The Morgan fingerprint density at radius 3 is 2.56 bits per heavy atom. The summed E-state index contributed by atoms with van der Waals surface area (Å²) in [6, 6.07) is 6.77. The molecule has 1 fully saturated rings. The van der Waals surface area contributed by atoms with Crippen molar-refractivity contribution in [2.45, 2.75) is 37.8 Å². The van der Waals surface area contributed by atoms with Crippen molar-refractivity contribution >= 4 is 0 Å². The molecule has 3 heteroatoms. The molecule has 0 spiro atoms. The van der Waals surface area contributed by atoms with Gasteiger partial charge in [0.2, 0.25) is 0 Å². The van der Waals surface area contributed by atoms with Gasteiger partial charge in [-0.3, -0.25) is 0 Å². The van der Waals surface area contributed by atoms with E-state index in [1.165, 1.54) is 6.07 Å². The Kier molecular flexibility index (Phi) is 3.56. The molecule has 1 aliphatic rings. The molecule has 0 aliphatic heterocycles. The molecule has 0 aromatic heterocycles. The van der Waals surface area contributed by atoms with Gasteiger partial charge in [0, 0.05) is 17.6 Å². The number of benzene rings is 1. The van der Waals surface area contributed by atoms with Crippen molar-refractivity contribution < 1.29 is 9.50 Å². The van der Waals surface area contributed by atoms with Crippen LogP contribution in [0, 0.1) is 5.82 Å². The highest BCUT2D eigenvalue weighted by Gasteiger charge is 2.32. The van der Waals surface area contributed by atoms with E-state index >= 15 is 0 Å². The molecule has 0 saturated heterocycles. The predicted octanol–water partition coefficient (Wildman–Crippen LogP) is 2.22. The van der Waals surface area contributed by atoms with Gasteiger partial charge in [0.1, 0.15) is 5.82 Å². The van der Waals surface area contributed by atoms with Gasteiger partial charge in [-0.1, -0.05) is 31.0 Å². The fraction of sp³-hybridized carbons (Fsp3) is 0.538. The molecule has 1 aromatic rings. The van der Waals surface area contributed by atoms with Crippen molar-refractivity contribution in [3.8, 4) is 0 Å². The molecule has 0 amide bonds. The van der Waals surface area contributed by atoms with E-state index in [2.05, 4.69) is 5.32 Å². The average Bonchev–Trinajstić information content (AvgIpc) is 2.78. The highest BCUT2D eigenvalue weighted by molar-refractivity contribution is 5.17. The molecule has 0 atom stereocenters. The second kappa shape index (κ2) is 4.93. The molecular weight excluding hydrogens is 205 g/mol. The molecule has 0 heterocycles. The van der Waals surface area contributed by atoms with Crippen LogP contribution in [0.1, 0.15) is 31.2 Å². The van der Waals surface area contributed by atoms with Crippen molar-refractivity contribution in [2.75, 3.05) is 6.61 Å². The van der Waals surface area contributed by atoms with Crippen LogP contribution in [0.25, 0.3) is 0 Å². The second-order valence-electron chi connectivity index (χ2n) is 4.59. The van der Waals surface area contributed by atoms with E-state index in [1.54, 1.807) is 12.1 Å². The number of rotatable bonds is 4. The van der Waals surface area contributed by atoms with Gasteiger partial charge in [-0.2, -0.15) is 0 Å². The Morgan fingerprint density at radius 2 is 1.94 bits per heavy atom. The molecule has 2 N–H and O–H groups in total. The van der Waals surface area contributed by atoms with Gasteiger partial charge in [0.15, 0.2) is 0 Å². The first-order chi connectivity index (χ1) is 7.76. The van der Waals surface area contributed by atoms with Crippen LogP contribution in [0.3, 0.4) is 0 Å². The highest BCUT2D eigenvalue weighted by atomic mass is 19.1. The van der Waals surface area contributed by atoms with Crippen LogP contribution in [0.15, 0.2) is 24.3 Å². The predicted molar refractivity (Wildman–Crippen MR) is 61.5 cm³/mol. The molecular formula is C13H18FNO. The summed E-state index contributed by atoms with van der Waals surface area (Å²) in [5.41, 5.74) is 0.490. The van der Waals surface area contributed by atoms with E-state index < -0.39 is 0 Å². The zero-order valence-electron chi connectivity index (χ0n) is 9.38. The lowest BCUT2D eigenvalue weighted by atomic mass is 9.98. The van der Waals surface area contributed by atoms with Crippen LogP contribution in [-0.2, 0) is 6.54 Å². The number of nitrogens with one attached hydrogen (secondary N) is 1. The third-order valence-electron chi connectivity index (χ3n) is 3.48. The number of aliphatic hydroxyl groups excluding tert-OH is 1. The zero-order valence-corrected chi connectivity index (χ0v) is 9.38. The minimum Gasteiger partial charge on any atom is -0.394 e. The number of aliphatic hydroxyl groups is 1. The smallest absolute Gasteiger partial charge is 0.127 e. The summed E-state index contributed by atoms with van der Waals surface area (Å²) in [6.07, 6.45) is 4.26. The Bertz CT molecular complexity index is 348. The monoisotopic (exact) mass is 223 g/mol. The largest absolute Gasteiger partial charge is 0.394 e. The van der Waals surface area contributed by atoms with Crippen LogP contribution < -0.4 is 5.32 Å². The fourth-order valence-electron chi connectivity index (χ4n) is 2.37. The maximum Gasteiger partial charge on any atom is 0.127 e. The first-order valence-corrected chi connectivity index (χ1v) is 5.85. The maximum absolute atomic E-state index is 13.4. The van der Waals surface area contributed by atoms with Gasteiger partial charge >= 0.3 is 0 Å². The molecule has 2 rings (SSSR count). The van der Waals surface area contributed by atoms with Gasteiger partial charge in [-0.05, 0) is 18.9 Å². The molecule has 2 nitrogen and oxygen atoms in total. The Balaban J connectivity index is 1.98. The van der Waals surface area contributed by atoms with Crippen molar-refractivity contribution in [3.05, 3.63) is 35.6 Å². The fourth-order valence-corrected chi connectivity index (χ4v) is 2.37. The van der Waals surface area contributed by atoms with Gasteiger partial charge in [0.05, 0.1) is 6.61 Å². The Morgan fingerprint density at radius 1 is 1.25 bits per heavy atom. The topological polar surface area (TPSA) is 32.3 Å². The number of hydrogen-bond donors (Lipinski definition) is 2. The van der Waals surface area contributed by atoms with Crippen LogP contribution in [0.2, 0.25) is 0 Å². The van der Waals surface area contributed by atoms with Crippen LogP contribution in [0.5, 0.6) is 0 Å². The van der Waals surface area contributed by atoms with E-state index in [4.69, 9.17) is 0 Å². The van der Waals surface area contributed by atoms with E-state index in [-0.39, 0.29) is 18.0 Å². The first kappa shape index (κ1) is 11.6. The zero-order chi connectivity index (χ0) is 11.4. The summed E-state index contributed by atoms with van der Waals surface area (Å²) in [5.74, 6) is -0.180. The normalized spacial score (nSPS) is 18.9. The number of hydrogen-bond acceptors (Lipinski definition) is 2. The first-order valence-electron chi connectivity index (χ1n) is 5.85. The standard InChI is InChI=1S/C13H18FNO/c14-12-6-2-1-5-11(12)9-15-13(10-16)7-3-4-8-13/h1-2,5-6,15-16H,3-4,7-10H2. The summed E-state index contributed by atoms with van der Waals surface area (Å²) < 4.78 is 13.4. The second-order valence-corrected chi connectivity index (χ2v) is 4.59. The lowest BCUT2D eigenvalue weighted by molar-refractivity contribution is 0.162. The molecule has 0 unspecified atom stereocenters. The SMILES string of the molecule is OCC1(NCc2ccccc2F)CCCC1. The molecule has 88 valence electrons. The molecule has 1 aliphatic carbocycles. The van der Waals surface area contributed by atoms with Crippen LogP contribution in [0.4, 0.5) is 4.39 Å². The Labute approximate surface area is 95.5 Å². The molecule has 0 bridgehead atoms. The van der Waals surface area contributed by atoms with E-state index in [0.717, 1.165) is 25.7 Å². The van der Waals surface area contributed by atoms with Gasteiger partial charge in [0.25, 0.3) is 0 Å². The summed E-state index contributed by atoms with van der Waals surface area (Å²) >= 11 is 0. The average molecular weight is 223 g/mol. The highest BCUT2D eigenvalue weighted by Crippen LogP contribution is 2.29. The minimum atomic E-state index is -0.180. The van der Waals surface area contributed by atoms with Crippen molar-refractivity contribution in [2.24, 2.45) is 0 Å². The quantitative estimate of drug-likeness (QED) is 0.820. The van der Waals surface area contributed by atoms with Crippen LogP contribution in [-0.4, -0.2) is 17.3 Å². The molecule has 1 aromatic carbocycles. The third kappa shape index (κ3) is 2.42. The van der Waals surface area contributed by atoms with Gasteiger partial charge in [-0.15, -0.1) is 0 Å². The third-order valence-corrected chi connectivity index (χ3v) is 3.48. The lowest BCUT2D eigenvalue weighted by Gasteiger charge is -2.28.